The number of ether oxygens (including phenoxy) is 1. The first-order chi connectivity index (χ1) is 16.8. The quantitative estimate of drug-likeness (QED) is 0.304. The number of aromatic nitrogens is 3. The van der Waals surface area contributed by atoms with Gasteiger partial charge in [0.15, 0.2) is 11.0 Å². The molecule has 0 fully saturated rings. The Morgan fingerprint density at radius 2 is 1.57 bits per heavy atom. The van der Waals surface area contributed by atoms with Gasteiger partial charge in [-0.05, 0) is 69.5 Å². The second kappa shape index (κ2) is 10.8. The number of nitrogens with one attached hydrogen (secondary N) is 1. The van der Waals surface area contributed by atoms with Crippen molar-refractivity contribution in [2.24, 2.45) is 0 Å². The molecule has 4 rings (SSSR count). The van der Waals surface area contributed by atoms with Crippen molar-refractivity contribution in [3.8, 4) is 11.4 Å². The van der Waals surface area contributed by atoms with Crippen molar-refractivity contribution in [2.45, 2.75) is 46.4 Å². The minimum atomic E-state index is -0.0891. The summed E-state index contributed by atoms with van der Waals surface area (Å²) < 4.78 is 8.13. The predicted molar refractivity (Wildman–Crippen MR) is 142 cm³/mol. The Labute approximate surface area is 210 Å². The molecule has 0 aliphatic rings. The van der Waals surface area contributed by atoms with Crippen LogP contribution in [0.1, 0.15) is 33.6 Å². The van der Waals surface area contributed by atoms with Gasteiger partial charge in [-0.1, -0.05) is 65.4 Å². The van der Waals surface area contributed by atoms with Crippen LogP contribution in [0.15, 0.2) is 65.8 Å². The van der Waals surface area contributed by atoms with Gasteiger partial charge in [0, 0.05) is 11.4 Å². The van der Waals surface area contributed by atoms with E-state index in [0.717, 1.165) is 44.9 Å². The summed E-state index contributed by atoms with van der Waals surface area (Å²) >= 11 is 1.35. The number of amides is 1. The first-order valence-electron chi connectivity index (χ1n) is 11.5. The van der Waals surface area contributed by atoms with Crippen molar-refractivity contribution in [3.05, 3.63) is 94.3 Å². The van der Waals surface area contributed by atoms with Crippen molar-refractivity contribution in [1.29, 1.82) is 0 Å². The summed E-state index contributed by atoms with van der Waals surface area (Å²) in [5, 5.41) is 12.4. The number of hydrogen-bond acceptors (Lipinski definition) is 5. The Kier molecular flexibility index (Phi) is 7.56. The van der Waals surface area contributed by atoms with Crippen LogP contribution in [0.3, 0.4) is 0 Å². The molecule has 0 unspecified atom stereocenters. The zero-order valence-electron chi connectivity index (χ0n) is 20.8. The molecule has 3 aromatic carbocycles. The Morgan fingerprint density at radius 3 is 2.26 bits per heavy atom. The van der Waals surface area contributed by atoms with E-state index >= 15 is 0 Å². The molecule has 4 aromatic rings. The summed E-state index contributed by atoms with van der Waals surface area (Å²) in [5.74, 6) is 1.66. The van der Waals surface area contributed by atoms with Crippen LogP contribution in [0.25, 0.3) is 5.69 Å². The molecule has 1 N–H and O–H groups in total. The SMILES string of the molecule is Cc1ccc(-n2c(COc3c(C)cccc3C)nnc2SCC(=O)Nc2ccc(C)cc2C)cc1. The minimum Gasteiger partial charge on any atom is -0.485 e. The molecule has 0 saturated heterocycles. The number of aryl methyl sites for hydroxylation is 5. The van der Waals surface area contributed by atoms with Crippen molar-refractivity contribution in [1.82, 2.24) is 14.8 Å². The average Bonchev–Trinajstić information content (AvgIpc) is 3.22. The van der Waals surface area contributed by atoms with E-state index in [1.54, 1.807) is 0 Å². The van der Waals surface area contributed by atoms with Gasteiger partial charge in [-0.15, -0.1) is 10.2 Å². The fourth-order valence-corrected chi connectivity index (χ4v) is 4.65. The molecular formula is C28H30N4O2S. The molecule has 7 heteroatoms. The van der Waals surface area contributed by atoms with Gasteiger partial charge < -0.3 is 10.1 Å². The van der Waals surface area contributed by atoms with Crippen LogP contribution in [0.5, 0.6) is 5.75 Å². The maximum atomic E-state index is 12.7. The fraction of sp³-hybridized carbons (Fsp3) is 0.250. The van der Waals surface area contributed by atoms with Gasteiger partial charge in [0.25, 0.3) is 0 Å². The Morgan fingerprint density at radius 1 is 0.886 bits per heavy atom. The highest BCUT2D eigenvalue weighted by Gasteiger charge is 2.17. The molecule has 1 amide bonds. The standard InChI is InChI=1S/C28H30N4O2S/c1-18-9-12-23(13-10-18)32-25(16-34-27-20(3)7-6-8-21(27)4)30-31-28(32)35-17-26(33)29-24-14-11-19(2)15-22(24)5/h6-15H,16-17H2,1-5H3,(H,29,33). The molecular weight excluding hydrogens is 456 g/mol. The molecule has 35 heavy (non-hydrogen) atoms. The fourth-order valence-electron chi connectivity index (χ4n) is 3.87. The lowest BCUT2D eigenvalue weighted by atomic mass is 10.1. The average molecular weight is 487 g/mol. The largest absolute Gasteiger partial charge is 0.485 e. The van der Waals surface area contributed by atoms with E-state index < -0.39 is 0 Å². The minimum absolute atomic E-state index is 0.0891. The number of para-hydroxylation sites is 1. The monoisotopic (exact) mass is 486 g/mol. The number of rotatable bonds is 8. The molecule has 0 radical (unpaired) electrons. The maximum absolute atomic E-state index is 12.7. The van der Waals surface area contributed by atoms with Crippen molar-refractivity contribution in [3.63, 3.8) is 0 Å². The highest BCUT2D eigenvalue weighted by molar-refractivity contribution is 7.99. The molecule has 0 bridgehead atoms. The van der Waals surface area contributed by atoms with Crippen LogP contribution in [0, 0.1) is 34.6 Å². The number of anilines is 1. The van der Waals surface area contributed by atoms with Gasteiger partial charge in [-0.2, -0.15) is 0 Å². The van der Waals surface area contributed by atoms with Gasteiger partial charge in [-0.25, -0.2) is 0 Å². The van der Waals surface area contributed by atoms with Crippen LogP contribution in [0.4, 0.5) is 5.69 Å². The lowest BCUT2D eigenvalue weighted by Crippen LogP contribution is -2.15. The molecule has 0 aliphatic carbocycles. The molecule has 0 aliphatic heterocycles. The Bertz CT molecular complexity index is 1330. The van der Waals surface area contributed by atoms with Crippen LogP contribution >= 0.6 is 11.8 Å². The van der Waals surface area contributed by atoms with Crippen molar-refractivity contribution >= 4 is 23.4 Å². The third kappa shape index (κ3) is 5.92. The van der Waals surface area contributed by atoms with Gasteiger partial charge in [-0.3, -0.25) is 9.36 Å². The second-order valence-corrected chi connectivity index (χ2v) is 9.68. The van der Waals surface area contributed by atoms with Gasteiger partial charge >= 0.3 is 0 Å². The third-order valence-electron chi connectivity index (χ3n) is 5.74. The Hall–Kier alpha value is -3.58. The normalized spacial score (nSPS) is 10.9. The van der Waals surface area contributed by atoms with Crippen LogP contribution in [-0.4, -0.2) is 26.4 Å². The molecule has 180 valence electrons. The first kappa shape index (κ1) is 24.5. The van der Waals surface area contributed by atoms with E-state index in [1.165, 1.54) is 11.8 Å². The predicted octanol–water partition coefficient (Wildman–Crippen LogP) is 6.12. The lowest BCUT2D eigenvalue weighted by molar-refractivity contribution is -0.113. The third-order valence-corrected chi connectivity index (χ3v) is 6.66. The Balaban J connectivity index is 1.54. The highest BCUT2D eigenvalue weighted by atomic mass is 32.2. The van der Waals surface area contributed by atoms with Gasteiger partial charge in [0.2, 0.25) is 5.91 Å². The van der Waals surface area contributed by atoms with E-state index in [0.29, 0.717) is 11.0 Å². The number of benzene rings is 3. The van der Waals surface area contributed by atoms with E-state index in [1.807, 2.05) is 93.8 Å². The van der Waals surface area contributed by atoms with E-state index in [9.17, 15) is 4.79 Å². The van der Waals surface area contributed by atoms with Crippen molar-refractivity contribution in [2.75, 3.05) is 11.1 Å². The summed E-state index contributed by atoms with van der Waals surface area (Å²) in [6.07, 6.45) is 0. The zero-order valence-corrected chi connectivity index (χ0v) is 21.6. The van der Waals surface area contributed by atoms with E-state index in [2.05, 4.69) is 21.6 Å². The lowest BCUT2D eigenvalue weighted by Gasteiger charge is -2.14. The maximum Gasteiger partial charge on any atom is 0.234 e. The van der Waals surface area contributed by atoms with E-state index in [-0.39, 0.29) is 18.3 Å². The smallest absolute Gasteiger partial charge is 0.234 e. The molecule has 1 aromatic heterocycles. The van der Waals surface area contributed by atoms with E-state index in [4.69, 9.17) is 4.74 Å². The molecule has 6 nitrogen and oxygen atoms in total. The van der Waals surface area contributed by atoms with Crippen LogP contribution in [-0.2, 0) is 11.4 Å². The van der Waals surface area contributed by atoms with Crippen LogP contribution in [0.2, 0.25) is 0 Å². The van der Waals surface area contributed by atoms with Crippen molar-refractivity contribution < 1.29 is 9.53 Å². The van der Waals surface area contributed by atoms with Gasteiger partial charge in [0.1, 0.15) is 12.4 Å². The number of nitrogens with zero attached hydrogens (tertiary/aromatic N) is 3. The summed E-state index contributed by atoms with van der Waals surface area (Å²) in [5.41, 5.74) is 7.26. The number of carbonyl (C=O) groups excluding carboxylic acids is 1. The summed E-state index contributed by atoms with van der Waals surface area (Å²) in [6, 6.07) is 20.2. The first-order valence-corrected chi connectivity index (χ1v) is 12.5. The van der Waals surface area contributed by atoms with Gasteiger partial charge in [0.05, 0.1) is 5.75 Å². The van der Waals surface area contributed by atoms with Crippen LogP contribution < -0.4 is 10.1 Å². The summed E-state index contributed by atoms with van der Waals surface area (Å²) in [4.78, 5) is 12.7. The summed E-state index contributed by atoms with van der Waals surface area (Å²) in [6.45, 7) is 10.4. The second-order valence-electron chi connectivity index (χ2n) is 8.73. The number of carbonyl (C=O) groups is 1. The molecule has 1 heterocycles. The molecule has 0 atom stereocenters. The molecule has 0 saturated carbocycles. The number of thioether (sulfide) groups is 1. The topological polar surface area (TPSA) is 69.0 Å². The zero-order chi connectivity index (χ0) is 24.9. The highest BCUT2D eigenvalue weighted by Crippen LogP contribution is 2.26. The number of hydrogen-bond donors (Lipinski definition) is 1. The summed E-state index contributed by atoms with van der Waals surface area (Å²) in [7, 11) is 0. The molecule has 0 spiro atoms.